The Labute approximate surface area is 100 Å². The highest BCUT2D eigenvalue weighted by molar-refractivity contribution is 7.16. The molecule has 2 N–H and O–H groups in total. The Kier molecular flexibility index (Phi) is 5.61. The fourth-order valence-corrected chi connectivity index (χ4v) is 2.61. The van der Waals surface area contributed by atoms with E-state index in [0.29, 0.717) is 5.92 Å². The van der Waals surface area contributed by atoms with Gasteiger partial charge >= 0.3 is 0 Å². The van der Waals surface area contributed by atoms with Crippen LogP contribution in [0.3, 0.4) is 0 Å². The molecule has 0 fully saturated rings. The van der Waals surface area contributed by atoms with Gasteiger partial charge in [-0.25, -0.2) is 0 Å². The van der Waals surface area contributed by atoms with Crippen molar-refractivity contribution < 1.29 is 5.11 Å². The molecule has 1 aromatic rings. The molecule has 1 rings (SSSR count). The Hall–Kier alpha value is -0.0900. The minimum atomic E-state index is -0.210. The van der Waals surface area contributed by atoms with Crippen LogP contribution < -0.4 is 5.32 Å². The van der Waals surface area contributed by atoms with Crippen molar-refractivity contribution in [2.24, 2.45) is 5.92 Å². The van der Waals surface area contributed by atoms with E-state index >= 15 is 0 Å². The maximum Gasteiger partial charge on any atom is 0.0931 e. The summed E-state index contributed by atoms with van der Waals surface area (Å²) in [5.74, 6) is 0.500. The van der Waals surface area contributed by atoms with Crippen LogP contribution in [-0.4, -0.2) is 17.8 Å². The van der Waals surface area contributed by atoms with Gasteiger partial charge in [0.25, 0.3) is 0 Å². The van der Waals surface area contributed by atoms with E-state index in [1.54, 1.807) is 11.3 Å². The van der Waals surface area contributed by atoms with E-state index in [0.717, 1.165) is 23.8 Å². The van der Waals surface area contributed by atoms with Crippen molar-refractivity contribution in [2.45, 2.75) is 32.9 Å². The molecule has 2 unspecified atom stereocenters. The van der Waals surface area contributed by atoms with Gasteiger partial charge in [-0.3, -0.25) is 0 Å². The van der Waals surface area contributed by atoms with Crippen molar-refractivity contribution in [3.05, 3.63) is 21.3 Å². The lowest BCUT2D eigenvalue weighted by Gasteiger charge is -2.13. The Morgan fingerprint density at radius 1 is 1.47 bits per heavy atom. The molecule has 2 nitrogen and oxygen atoms in total. The van der Waals surface area contributed by atoms with E-state index in [9.17, 15) is 5.11 Å². The first-order valence-electron chi connectivity index (χ1n) is 5.21. The van der Waals surface area contributed by atoms with Gasteiger partial charge in [-0.1, -0.05) is 18.5 Å². The lowest BCUT2D eigenvalue weighted by molar-refractivity contribution is 0.163. The van der Waals surface area contributed by atoms with Gasteiger partial charge in [-0.15, -0.1) is 11.3 Å². The molecule has 2 atom stereocenters. The molecular weight excluding hydrogens is 230 g/mol. The normalized spacial score (nSPS) is 15.2. The van der Waals surface area contributed by atoms with Crippen LogP contribution in [0.4, 0.5) is 0 Å². The summed E-state index contributed by atoms with van der Waals surface area (Å²) in [7, 11) is 0. The minimum absolute atomic E-state index is 0.210. The molecule has 0 saturated carbocycles. The number of rotatable bonds is 6. The monoisotopic (exact) mass is 247 g/mol. The number of halogens is 1. The van der Waals surface area contributed by atoms with Crippen LogP contribution in [0.25, 0.3) is 0 Å². The van der Waals surface area contributed by atoms with E-state index in [2.05, 4.69) is 12.2 Å². The summed E-state index contributed by atoms with van der Waals surface area (Å²) < 4.78 is 0.837. The molecular formula is C11H18ClNOS. The third-order valence-corrected chi connectivity index (χ3v) is 3.40. The van der Waals surface area contributed by atoms with Crippen molar-refractivity contribution in [3.8, 4) is 0 Å². The predicted molar refractivity (Wildman–Crippen MR) is 66.5 cm³/mol. The maximum absolute atomic E-state index is 9.20. The smallest absolute Gasteiger partial charge is 0.0931 e. The first-order chi connectivity index (χ1) is 7.08. The molecule has 0 saturated heterocycles. The van der Waals surface area contributed by atoms with Crippen LogP contribution in [0.1, 0.15) is 25.1 Å². The first kappa shape index (κ1) is 13.0. The Bertz CT molecular complexity index is 288. The first-order valence-corrected chi connectivity index (χ1v) is 6.40. The van der Waals surface area contributed by atoms with Crippen LogP contribution in [0.5, 0.6) is 0 Å². The van der Waals surface area contributed by atoms with Crippen LogP contribution in [0.15, 0.2) is 12.1 Å². The molecule has 0 radical (unpaired) electrons. The fraction of sp³-hybridized carbons (Fsp3) is 0.636. The topological polar surface area (TPSA) is 32.3 Å². The molecule has 0 aliphatic carbocycles. The summed E-state index contributed by atoms with van der Waals surface area (Å²) in [5.41, 5.74) is 0. The molecule has 0 amide bonds. The van der Waals surface area contributed by atoms with Crippen LogP contribution in [0, 0.1) is 5.92 Å². The van der Waals surface area contributed by atoms with Gasteiger partial charge in [-0.2, -0.15) is 0 Å². The lowest BCUT2D eigenvalue weighted by atomic mass is 10.1. The lowest BCUT2D eigenvalue weighted by Crippen LogP contribution is -2.22. The number of hydrogen-bond acceptors (Lipinski definition) is 3. The van der Waals surface area contributed by atoms with Crippen molar-refractivity contribution in [1.82, 2.24) is 5.32 Å². The number of nitrogens with one attached hydrogen (secondary N) is 1. The van der Waals surface area contributed by atoms with Gasteiger partial charge in [0.2, 0.25) is 0 Å². The quantitative estimate of drug-likeness (QED) is 0.810. The average molecular weight is 248 g/mol. The highest BCUT2D eigenvalue weighted by atomic mass is 35.5. The molecule has 0 aliphatic heterocycles. The van der Waals surface area contributed by atoms with Crippen molar-refractivity contribution >= 4 is 22.9 Å². The van der Waals surface area contributed by atoms with Gasteiger partial charge < -0.3 is 10.4 Å². The number of hydrogen-bond donors (Lipinski definition) is 2. The molecule has 0 aliphatic rings. The Balaban J connectivity index is 2.16. The second-order valence-electron chi connectivity index (χ2n) is 4.03. The SMILES string of the molecule is CC(O)CC(C)CNCc1ccc(Cl)s1. The molecule has 0 spiro atoms. The Morgan fingerprint density at radius 2 is 2.20 bits per heavy atom. The summed E-state index contributed by atoms with van der Waals surface area (Å²) in [5, 5.41) is 12.6. The summed E-state index contributed by atoms with van der Waals surface area (Å²) in [6.07, 6.45) is 0.635. The van der Waals surface area contributed by atoms with Crippen molar-refractivity contribution in [3.63, 3.8) is 0 Å². The zero-order chi connectivity index (χ0) is 11.3. The van der Waals surface area contributed by atoms with Gasteiger partial charge in [0.15, 0.2) is 0 Å². The largest absolute Gasteiger partial charge is 0.393 e. The molecule has 1 heterocycles. The van der Waals surface area contributed by atoms with Crippen molar-refractivity contribution in [1.29, 1.82) is 0 Å². The van der Waals surface area contributed by atoms with E-state index in [4.69, 9.17) is 11.6 Å². The third-order valence-electron chi connectivity index (χ3n) is 2.16. The van der Waals surface area contributed by atoms with Gasteiger partial charge in [-0.05, 0) is 37.9 Å². The molecule has 0 bridgehead atoms. The number of aliphatic hydroxyl groups is 1. The van der Waals surface area contributed by atoms with E-state index in [-0.39, 0.29) is 6.10 Å². The van der Waals surface area contributed by atoms with Crippen molar-refractivity contribution in [2.75, 3.05) is 6.54 Å². The van der Waals surface area contributed by atoms with Crippen LogP contribution in [0.2, 0.25) is 4.34 Å². The van der Waals surface area contributed by atoms with Crippen LogP contribution >= 0.6 is 22.9 Å². The van der Waals surface area contributed by atoms with Crippen LogP contribution in [-0.2, 0) is 6.54 Å². The molecule has 1 aromatic heterocycles. The fourth-order valence-electron chi connectivity index (χ4n) is 1.55. The van der Waals surface area contributed by atoms with Gasteiger partial charge in [0, 0.05) is 11.4 Å². The van der Waals surface area contributed by atoms with E-state index in [1.165, 1.54) is 4.88 Å². The second-order valence-corrected chi connectivity index (χ2v) is 5.83. The summed E-state index contributed by atoms with van der Waals surface area (Å²) >= 11 is 7.44. The summed E-state index contributed by atoms with van der Waals surface area (Å²) in [6, 6.07) is 3.96. The van der Waals surface area contributed by atoms with E-state index in [1.807, 2.05) is 19.1 Å². The molecule has 0 aromatic carbocycles. The highest BCUT2D eigenvalue weighted by Crippen LogP contribution is 2.21. The number of aliphatic hydroxyl groups excluding tert-OH is 1. The zero-order valence-electron chi connectivity index (χ0n) is 9.16. The Morgan fingerprint density at radius 3 is 2.73 bits per heavy atom. The minimum Gasteiger partial charge on any atom is -0.393 e. The molecule has 86 valence electrons. The standard InChI is InChI=1S/C11H18ClNOS/c1-8(5-9(2)14)6-13-7-10-3-4-11(12)15-10/h3-4,8-9,13-14H,5-7H2,1-2H3. The van der Waals surface area contributed by atoms with E-state index < -0.39 is 0 Å². The van der Waals surface area contributed by atoms with Gasteiger partial charge in [0.1, 0.15) is 0 Å². The average Bonchev–Trinajstić information content (AvgIpc) is 2.50. The summed E-state index contributed by atoms with van der Waals surface area (Å²) in [6.45, 7) is 5.76. The molecule has 15 heavy (non-hydrogen) atoms. The third kappa shape index (κ3) is 5.52. The predicted octanol–water partition coefficient (Wildman–Crippen LogP) is 2.90. The number of thiophene rings is 1. The molecule has 4 heteroatoms. The van der Waals surface area contributed by atoms with Gasteiger partial charge in [0.05, 0.1) is 10.4 Å². The second kappa shape index (κ2) is 6.48. The highest BCUT2D eigenvalue weighted by Gasteiger charge is 2.05. The maximum atomic E-state index is 9.20. The summed E-state index contributed by atoms with van der Waals surface area (Å²) in [4.78, 5) is 1.25. The zero-order valence-corrected chi connectivity index (χ0v) is 10.7.